The molecule has 5 nitrogen and oxygen atoms in total. The molecule has 0 atom stereocenters. The van der Waals surface area contributed by atoms with Crippen molar-refractivity contribution < 1.29 is 9.53 Å². The van der Waals surface area contributed by atoms with Crippen molar-refractivity contribution in [1.29, 1.82) is 0 Å². The van der Waals surface area contributed by atoms with Gasteiger partial charge in [0, 0.05) is 19.0 Å². The summed E-state index contributed by atoms with van der Waals surface area (Å²) in [6.07, 6.45) is 3.18. The van der Waals surface area contributed by atoms with E-state index in [1.165, 1.54) is 0 Å². The second kappa shape index (κ2) is 8.14. The van der Waals surface area contributed by atoms with E-state index in [0.29, 0.717) is 6.54 Å². The standard InChI is InChI=1S/C17H23N3O2S.ClH/c1-19(2)9-10-20(16(21)12-5-4-6-12)17-18-14-8-7-13(22-3)11-15(14)23-17;/h7-8,11-12H,4-6,9-10H2,1-3H3;1H. The van der Waals surface area contributed by atoms with Crippen LogP contribution in [0, 0.1) is 5.92 Å². The molecule has 0 N–H and O–H groups in total. The number of ether oxygens (including phenoxy) is 1. The summed E-state index contributed by atoms with van der Waals surface area (Å²) in [5.41, 5.74) is 0.919. The van der Waals surface area contributed by atoms with Crippen LogP contribution in [0.2, 0.25) is 0 Å². The Morgan fingerprint density at radius 3 is 2.67 bits per heavy atom. The number of nitrogens with zero attached hydrogens (tertiary/aromatic N) is 3. The van der Waals surface area contributed by atoms with E-state index in [2.05, 4.69) is 9.88 Å². The van der Waals surface area contributed by atoms with E-state index >= 15 is 0 Å². The molecule has 0 saturated heterocycles. The molecule has 0 radical (unpaired) electrons. The molecule has 1 aliphatic carbocycles. The summed E-state index contributed by atoms with van der Waals surface area (Å²) >= 11 is 1.56. The van der Waals surface area contributed by atoms with Crippen molar-refractivity contribution in [3.8, 4) is 5.75 Å². The van der Waals surface area contributed by atoms with E-state index in [4.69, 9.17) is 4.74 Å². The highest BCUT2D eigenvalue weighted by atomic mass is 35.5. The van der Waals surface area contributed by atoms with E-state index in [0.717, 1.165) is 46.9 Å². The van der Waals surface area contributed by atoms with Crippen molar-refractivity contribution in [3.63, 3.8) is 0 Å². The number of amides is 1. The molecule has 1 aromatic carbocycles. The number of halogens is 1. The first-order valence-corrected chi connectivity index (χ1v) is 8.81. The molecule has 0 aliphatic heterocycles. The lowest BCUT2D eigenvalue weighted by Crippen LogP contribution is -2.42. The number of anilines is 1. The molecule has 0 spiro atoms. The average molecular weight is 370 g/mol. The van der Waals surface area contributed by atoms with E-state index in [9.17, 15) is 4.79 Å². The zero-order valence-electron chi connectivity index (χ0n) is 14.3. The van der Waals surface area contributed by atoms with Crippen LogP contribution in [-0.2, 0) is 4.79 Å². The summed E-state index contributed by atoms with van der Waals surface area (Å²) in [6.45, 7) is 1.51. The van der Waals surface area contributed by atoms with Gasteiger partial charge in [-0.1, -0.05) is 17.8 Å². The second-order valence-electron chi connectivity index (χ2n) is 6.25. The summed E-state index contributed by atoms with van der Waals surface area (Å²) < 4.78 is 6.33. The summed E-state index contributed by atoms with van der Waals surface area (Å²) in [7, 11) is 5.71. The molecule has 2 aromatic rings. The molecule has 1 fully saturated rings. The van der Waals surface area contributed by atoms with Crippen LogP contribution in [0.5, 0.6) is 5.75 Å². The van der Waals surface area contributed by atoms with E-state index in [-0.39, 0.29) is 24.2 Å². The average Bonchev–Trinajstić information content (AvgIpc) is 2.87. The summed E-state index contributed by atoms with van der Waals surface area (Å²) in [5, 5.41) is 0.798. The number of fused-ring (bicyclic) bond motifs is 1. The predicted octanol–water partition coefficient (Wildman–Crippen LogP) is 3.42. The number of benzene rings is 1. The fraction of sp³-hybridized carbons (Fsp3) is 0.529. The Morgan fingerprint density at radius 2 is 2.08 bits per heavy atom. The largest absolute Gasteiger partial charge is 0.497 e. The van der Waals surface area contributed by atoms with Gasteiger partial charge in [0.05, 0.1) is 17.3 Å². The van der Waals surface area contributed by atoms with E-state index in [1.54, 1.807) is 18.4 Å². The Bertz CT molecular complexity index is 700. The zero-order valence-corrected chi connectivity index (χ0v) is 16.0. The van der Waals surface area contributed by atoms with Crippen LogP contribution in [0.15, 0.2) is 18.2 Å². The van der Waals surface area contributed by atoms with Crippen LogP contribution < -0.4 is 9.64 Å². The number of carbonyl (C=O) groups is 1. The number of aromatic nitrogens is 1. The minimum absolute atomic E-state index is 0. The number of hydrogen-bond acceptors (Lipinski definition) is 5. The smallest absolute Gasteiger partial charge is 0.231 e. The highest BCUT2D eigenvalue weighted by Gasteiger charge is 2.31. The van der Waals surface area contributed by atoms with E-state index < -0.39 is 0 Å². The molecule has 1 aromatic heterocycles. The maximum atomic E-state index is 12.8. The van der Waals surface area contributed by atoms with Gasteiger partial charge in [-0.2, -0.15) is 0 Å². The fourth-order valence-electron chi connectivity index (χ4n) is 2.61. The highest BCUT2D eigenvalue weighted by Crippen LogP contribution is 2.35. The number of likely N-dealkylation sites (N-methyl/N-ethyl adjacent to an activating group) is 1. The maximum Gasteiger partial charge on any atom is 0.231 e. The lowest BCUT2D eigenvalue weighted by molar-refractivity contribution is -0.124. The first-order chi connectivity index (χ1) is 11.1. The molecular weight excluding hydrogens is 346 g/mol. The van der Waals surface area contributed by atoms with Gasteiger partial charge in [0.2, 0.25) is 5.91 Å². The highest BCUT2D eigenvalue weighted by molar-refractivity contribution is 7.22. The van der Waals surface area contributed by atoms with Crippen molar-refractivity contribution in [2.45, 2.75) is 19.3 Å². The van der Waals surface area contributed by atoms with Gasteiger partial charge in [0.25, 0.3) is 0 Å². The number of methoxy groups -OCH3 is 1. The summed E-state index contributed by atoms with van der Waals surface area (Å²) in [4.78, 5) is 21.4. The number of carbonyl (C=O) groups excluding carboxylic acids is 1. The number of thiazole rings is 1. The van der Waals surface area contributed by atoms with Gasteiger partial charge in [-0.25, -0.2) is 4.98 Å². The van der Waals surface area contributed by atoms with Crippen LogP contribution in [0.1, 0.15) is 19.3 Å². The van der Waals surface area contributed by atoms with Crippen molar-refractivity contribution in [1.82, 2.24) is 9.88 Å². The summed E-state index contributed by atoms with van der Waals surface area (Å²) in [6, 6.07) is 5.84. The summed E-state index contributed by atoms with van der Waals surface area (Å²) in [5.74, 6) is 1.22. The van der Waals surface area contributed by atoms with Gasteiger partial charge in [-0.05, 0) is 45.1 Å². The Hall–Kier alpha value is -1.37. The van der Waals surface area contributed by atoms with Crippen molar-refractivity contribution in [2.75, 3.05) is 39.2 Å². The molecule has 0 bridgehead atoms. The normalized spacial score (nSPS) is 14.3. The molecule has 1 saturated carbocycles. The second-order valence-corrected chi connectivity index (χ2v) is 7.26. The topological polar surface area (TPSA) is 45.7 Å². The van der Waals surface area contributed by atoms with Crippen molar-refractivity contribution in [3.05, 3.63) is 18.2 Å². The third kappa shape index (κ3) is 3.99. The SMILES string of the molecule is COc1ccc2nc(N(CCN(C)C)C(=O)C3CCC3)sc2c1.Cl. The molecular formula is C17H24ClN3O2S. The third-order valence-electron chi connectivity index (χ3n) is 4.31. The Balaban J connectivity index is 0.00000208. The Labute approximate surface area is 153 Å². The van der Waals surface area contributed by atoms with Crippen molar-refractivity contribution >= 4 is 45.0 Å². The quantitative estimate of drug-likeness (QED) is 0.782. The molecule has 1 heterocycles. The molecule has 0 unspecified atom stereocenters. The third-order valence-corrected chi connectivity index (χ3v) is 5.35. The van der Waals surface area contributed by atoms with Gasteiger partial charge in [0.15, 0.2) is 5.13 Å². The lowest BCUT2D eigenvalue weighted by Gasteiger charge is -2.30. The van der Waals surface area contributed by atoms with Gasteiger partial charge < -0.3 is 9.64 Å². The Morgan fingerprint density at radius 1 is 1.33 bits per heavy atom. The molecule has 132 valence electrons. The van der Waals surface area contributed by atoms with Gasteiger partial charge in [-0.3, -0.25) is 9.69 Å². The van der Waals surface area contributed by atoms with Gasteiger partial charge >= 0.3 is 0 Å². The molecule has 24 heavy (non-hydrogen) atoms. The first-order valence-electron chi connectivity index (χ1n) is 7.99. The Kier molecular flexibility index (Phi) is 6.43. The van der Waals surface area contributed by atoms with Gasteiger partial charge in [-0.15, -0.1) is 12.4 Å². The van der Waals surface area contributed by atoms with Crippen LogP contribution in [0.4, 0.5) is 5.13 Å². The molecule has 7 heteroatoms. The minimum Gasteiger partial charge on any atom is -0.497 e. The maximum absolute atomic E-state index is 12.8. The van der Waals surface area contributed by atoms with E-state index in [1.807, 2.05) is 37.2 Å². The molecule has 3 rings (SSSR count). The monoisotopic (exact) mass is 369 g/mol. The van der Waals surface area contributed by atoms with Crippen LogP contribution in [-0.4, -0.2) is 50.1 Å². The lowest BCUT2D eigenvalue weighted by atomic mass is 9.84. The number of rotatable bonds is 6. The fourth-order valence-corrected chi connectivity index (χ4v) is 3.64. The molecule has 1 amide bonds. The molecule has 1 aliphatic rings. The van der Waals surface area contributed by atoms with Crippen LogP contribution >= 0.6 is 23.7 Å². The first kappa shape index (κ1) is 19.0. The van der Waals surface area contributed by atoms with Crippen LogP contribution in [0.25, 0.3) is 10.2 Å². The minimum atomic E-state index is 0. The predicted molar refractivity (Wildman–Crippen MR) is 102 cm³/mol. The van der Waals surface area contributed by atoms with Gasteiger partial charge in [0.1, 0.15) is 5.75 Å². The van der Waals surface area contributed by atoms with Crippen LogP contribution in [0.3, 0.4) is 0 Å². The van der Waals surface area contributed by atoms with Crippen molar-refractivity contribution in [2.24, 2.45) is 5.92 Å². The number of hydrogen-bond donors (Lipinski definition) is 0. The zero-order chi connectivity index (χ0) is 16.4.